The van der Waals surface area contributed by atoms with Gasteiger partial charge in [0.2, 0.25) is 11.8 Å². The van der Waals surface area contributed by atoms with E-state index >= 15 is 0 Å². The van der Waals surface area contributed by atoms with Gasteiger partial charge in [-0.15, -0.1) is 0 Å². The van der Waals surface area contributed by atoms with E-state index in [9.17, 15) is 36.7 Å². The molecular formula is C28H21F4N3O7. The highest BCUT2D eigenvalue weighted by atomic mass is 19.2. The van der Waals surface area contributed by atoms with Crippen LogP contribution in [0, 0.1) is 23.3 Å². The summed E-state index contributed by atoms with van der Waals surface area (Å²) < 4.78 is 70.3. The number of imide groups is 1. The molecule has 1 atom stereocenters. The minimum Gasteiger partial charge on any atom is -0.495 e. The van der Waals surface area contributed by atoms with Crippen molar-refractivity contribution in [1.82, 2.24) is 10.2 Å². The minimum atomic E-state index is -1.68. The normalized spacial score (nSPS) is 16.2. The lowest BCUT2D eigenvalue weighted by molar-refractivity contribution is -0.136. The first-order valence-corrected chi connectivity index (χ1v) is 12.4. The quantitative estimate of drug-likeness (QED) is 0.236. The van der Waals surface area contributed by atoms with Crippen LogP contribution in [0.25, 0.3) is 0 Å². The Bertz CT molecular complexity index is 1610. The molecule has 42 heavy (non-hydrogen) atoms. The van der Waals surface area contributed by atoms with Crippen LogP contribution in [-0.2, 0) is 27.5 Å². The zero-order chi connectivity index (χ0) is 30.1. The number of amides is 4. The van der Waals surface area contributed by atoms with E-state index < -0.39 is 58.9 Å². The molecule has 2 N–H and O–H groups in total. The molecule has 4 amide bonds. The van der Waals surface area contributed by atoms with E-state index in [1.54, 1.807) is 12.1 Å². The maximum absolute atomic E-state index is 14.6. The highest BCUT2D eigenvalue weighted by Gasteiger charge is 2.41. The van der Waals surface area contributed by atoms with Crippen molar-refractivity contribution in [2.45, 2.75) is 32.0 Å². The van der Waals surface area contributed by atoms with Crippen LogP contribution >= 0.6 is 0 Å². The monoisotopic (exact) mass is 587 g/mol. The van der Waals surface area contributed by atoms with E-state index in [0.717, 1.165) is 12.1 Å². The van der Waals surface area contributed by atoms with Gasteiger partial charge in [0.15, 0.2) is 23.3 Å². The van der Waals surface area contributed by atoms with Crippen molar-refractivity contribution in [2.75, 3.05) is 12.4 Å². The lowest BCUT2D eigenvalue weighted by Crippen LogP contribution is -2.52. The zero-order valence-electron chi connectivity index (χ0n) is 21.8. The molecule has 0 saturated carbocycles. The van der Waals surface area contributed by atoms with Gasteiger partial charge in [-0.2, -0.15) is 0 Å². The molecule has 5 rings (SSSR count). The zero-order valence-corrected chi connectivity index (χ0v) is 21.8. The first-order chi connectivity index (χ1) is 20.0. The lowest BCUT2D eigenvalue weighted by Gasteiger charge is -2.29. The molecule has 0 radical (unpaired) electrons. The number of hydrogen-bond acceptors (Lipinski definition) is 7. The summed E-state index contributed by atoms with van der Waals surface area (Å²) in [5, 5.41) is 4.43. The summed E-state index contributed by atoms with van der Waals surface area (Å²) in [4.78, 5) is 50.8. The Morgan fingerprint density at radius 1 is 1.00 bits per heavy atom. The molecule has 218 valence electrons. The number of carbonyl (C=O) groups is 4. The molecule has 10 nitrogen and oxygen atoms in total. The summed E-state index contributed by atoms with van der Waals surface area (Å²) in [5.74, 6) is -7.50. The van der Waals surface area contributed by atoms with Crippen LogP contribution in [0.3, 0.4) is 0 Å². The molecule has 3 aromatic rings. The smallest absolute Gasteiger partial charge is 0.412 e. The minimum absolute atomic E-state index is 0.104. The molecule has 3 aromatic carbocycles. The van der Waals surface area contributed by atoms with Crippen molar-refractivity contribution < 1.29 is 51.0 Å². The second-order valence-corrected chi connectivity index (χ2v) is 9.34. The van der Waals surface area contributed by atoms with Crippen LogP contribution < -0.4 is 20.1 Å². The standard InChI is InChI=1S/C28H21F4N3O7/c1-40-25-14(3-2-13-11-35(27(38)23(13)25)21-6-7-22(36)34-26(21)37)12-41-28(39)33-20-5-4-15(8-17(20)29)42-16-9-18(30)24(32)19(31)10-16/h2-5,8-10,21H,6-7,11-12H2,1H3,(H,33,39)(H,34,36,37). The second kappa shape index (κ2) is 11.4. The van der Waals surface area contributed by atoms with Gasteiger partial charge >= 0.3 is 6.09 Å². The highest BCUT2D eigenvalue weighted by Crippen LogP contribution is 2.36. The third-order valence-corrected chi connectivity index (χ3v) is 6.66. The molecule has 0 aromatic heterocycles. The number of nitrogens with one attached hydrogen (secondary N) is 2. The Morgan fingerprint density at radius 3 is 2.38 bits per heavy atom. The van der Waals surface area contributed by atoms with E-state index in [2.05, 4.69) is 10.6 Å². The molecule has 1 unspecified atom stereocenters. The van der Waals surface area contributed by atoms with Crippen molar-refractivity contribution >= 4 is 29.5 Å². The van der Waals surface area contributed by atoms with Crippen molar-refractivity contribution in [3.63, 3.8) is 0 Å². The maximum Gasteiger partial charge on any atom is 0.412 e. The molecule has 0 aliphatic carbocycles. The maximum atomic E-state index is 14.6. The van der Waals surface area contributed by atoms with Gasteiger partial charge in [0.1, 0.15) is 29.9 Å². The lowest BCUT2D eigenvalue weighted by atomic mass is 10.0. The molecule has 1 fully saturated rings. The predicted molar refractivity (Wildman–Crippen MR) is 136 cm³/mol. The Hall–Kier alpha value is -5.14. The van der Waals surface area contributed by atoms with Crippen LogP contribution in [0.1, 0.15) is 34.3 Å². The molecule has 14 heteroatoms. The van der Waals surface area contributed by atoms with E-state index in [4.69, 9.17) is 14.2 Å². The summed E-state index contributed by atoms with van der Waals surface area (Å²) in [7, 11) is 1.33. The Labute approximate surface area is 235 Å². The molecule has 2 heterocycles. The molecule has 1 saturated heterocycles. The summed E-state index contributed by atoms with van der Waals surface area (Å²) in [6.45, 7) is -0.235. The fourth-order valence-electron chi connectivity index (χ4n) is 4.69. The molecule has 0 bridgehead atoms. The Kier molecular flexibility index (Phi) is 7.70. The summed E-state index contributed by atoms with van der Waals surface area (Å²) in [6.07, 6.45) is -0.758. The van der Waals surface area contributed by atoms with Gasteiger partial charge in [0, 0.05) is 36.7 Å². The molecular weight excluding hydrogens is 566 g/mol. The molecule has 2 aliphatic rings. The fraction of sp³-hybridized carbons (Fsp3) is 0.214. The number of carbonyl (C=O) groups excluding carboxylic acids is 4. The number of hydrogen-bond donors (Lipinski definition) is 2. The topological polar surface area (TPSA) is 123 Å². The largest absolute Gasteiger partial charge is 0.495 e. The third kappa shape index (κ3) is 5.55. The SMILES string of the molecule is COc1c(COC(=O)Nc2ccc(Oc3cc(F)c(F)c(F)c3)cc2F)ccc2c1C(=O)N(C1CCC(=O)NC1=O)C2. The van der Waals surface area contributed by atoms with Gasteiger partial charge in [-0.25, -0.2) is 22.4 Å². The van der Waals surface area contributed by atoms with Crippen LogP contribution in [0.4, 0.5) is 28.0 Å². The molecule has 2 aliphatic heterocycles. The van der Waals surface area contributed by atoms with Gasteiger partial charge in [-0.1, -0.05) is 12.1 Å². The first-order valence-electron chi connectivity index (χ1n) is 12.4. The Balaban J connectivity index is 1.23. The van der Waals surface area contributed by atoms with E-state index in [1.165, 1.54) is 18.1 Å². The van der Waals surface area contributed by atoms with Gasteiger partial charge in [-0.3, -0.25) is 25.0 Å². The average Bonchev–Trinajstić information content (AvgIpc) is 3.27. The number of halogens is 4. The van der Waals surface area contributed by atoms with E-state index in [1.807, 2.05) is 0 Å². The number of rotatable bonds is 7. The predicted octanol–water partition coefficient (Wildman–Crippen LogP) is 4.55. The second-order valence-electron chi connectivity index (χ2n) is 9.34. The van der Waals surface area contributed by atoms with Crippen LogP contribution in [0.2, 0.25) is 0 Å². The van der Waals surface area contributed by atoms with E-state index in [0.29, 0.717) is 23.3 Å². The van der Waals surface area contributed by atoms with E-state index in [-0.39, 0.29) is 48.7 Å². The Morgan fingerprint density at radius 2 is 1.71 bits per heavy atom. The third-order valence-electron chi connectivity index (χ3n) is 6.66. The summed E-state index contributed by atoms with van der Waals surface area (Å²) >= 11 is 0. The van der Waals surface area contributed by atoms with Crippen molar-refractivity contribution in [3.8, 4) is 17.2 Å². The van der Waals surface area contributed by atoms with Crippen LogP contribution in [0.5, 0.6) is 17.2 Å². The number of methoxy groups -OCH3 is 1. The highest BCUT2D eigenvalue weighted by molar-refractivity contribution is 6.06. The van der Waals surface area contributed by atoms with Gasteiger partial charge < -0.3 is 19.1 Å². The fourth-order valence-corrected chi connectivity index (χ4v) is 4.69. The van der Waals surface area contributed by atoms with Gasteiger partial charge in [-0.05, 0) is 24.1 Å². The number of ether oxygens (including phenoxy) is 3. The van der Waals surface area contributed by atoms with Crippen molar-refractivity contribution in [3.05, 3.63) is 82.4 Å². The molecule has 0 spiro atoms. The first kappa shape index (κ1) is 28.4. The number of benzene rings is 3. The van der Waals surface area contributed by atoms with Gasteiger partial charge in [0.05, 0.1) is 18.4 Å². The number of fused-ring (bicyclic) bond motifs is 1. The number of anilines is 1. The number of nitrogens with zero attached hydrogens (tertiary/aromatic N) is 1. The van der Waals surface area contributed by atoms with Crippen LogP contribution in [-0.4, -0.2) is 41.9 Å². The van der Waals surface area contributed by atoms with Crippen LogP contribution in [0.15, 0.2) is 42.5 Å². The number of piperidine rings is 1. The average molecular weight is 587 g/mol. The van der Waals surface area contributed by atoms with Crippen molar-refractivity contribution in [2.24, 2.45) is 0 Å². The van der Waals surface area contributed by atoms with Crippen molar-refractivity contribution in [1.29, 1.82) is 0 Å². The summed E-state index contributed by atoms with van der Waals surface area (Å²) in [5.41, 5.74) is 0.809. The summed E-state index contributed by atoms with van der Waals surface area (Å²) in [6, 6.07) is 6.72. The van der Waals surface area contributed by atoms with Gasteiger partial charge in [0.25, 0.3) is 5.91 Å².